The molecular weight excluding hydrogens is 317 g/mol. The van der Waals surface area contributed by atoms with Crippen LogP contribution in [0.25, 0.3) is 0 Å². The van der Waals surface area contributed by atoms with Gasteiger partial charge in [0.25, 0.3) is 0 Å². The minimum atomic E-state index is 0. The predicted octanol–water partition coefficient (Wildman–Crippen LogP) is 1.68. The van der Waals surface area contributed by atoms with Crippen LogP contribution in [0.2, 0.25) is 0 Å². The summed E-state index contributed by atoms with van der Waals surface area (Å²) in [7, 11) is 0. The van der Waals surface area contributed by atoms with Crippen LogP contribution in [-0.2, 0) is 20.1 Å². The zero-order valence-corrected chi connectivity index (χ0v) is 9.79. The Bertz CT molecular complexity index is 43.8. The minimum absolute atomic E-state index is 0. The first-order valence-corrected chi connectivity index (χ1v) is 3.42. The van der Waals surface area contributed by atoms with E-state index in [1.807, 2.05) is 0 Å². The zero-order chi connectivity index (χ0) is 5.21. The van der Waals surface area contributed by atoms with Gasteiger partial charge in [-0.1, -0.05) is 0 Å². The summed E-state index contributed by atoms with van der Waals surface area (Å²) in [6.07, 6.45) is 0. The van der Waals surface area contributed by atoms with Crippen molar-refractivity contribution in [3.05, 3.63) is 0 Å². The average molecular weight is 329 g/mol. The van der Waals surface area contributed by atoms with Crippen molar-refractivity contribution in [3.8, 4) is 0 Å². The monoisotopic (exact) mass is 328 g/mol. The summed E-state index contributed by atoms with van der Waals surface area (Å²) < 4.78 is 3.19. The van der Waals surface area contributed by atoms with Crippen molar-refractivity contribution in [2.24, 2.45) is 0 Å². The molecule has 0 fully saturated rings. The topological polar surface area (TPSA) is 12.0 Å². The van der Waals surface area contributed by atoms with Crippen LogP contribution in [0.5, 0.6) is 0 Å². The molecule has 1 N–H and O–H groups in total. The fourth-order valence-electron chi connectivity index (χ4n) is 0. The Hall–Kier alpha value is 1.23. The van der Waals surface area contributed by atoms with Gasteiger partial charge >= 0.3 is 50.3 Å². The quantitative estimate of drug-likeness (QED) is 0.713. The van der Waals surface area contributed by atoms with Crippen molar-refractivity contribution in [3.63, 3.8) is 0 Å². The summed E-state index contributed by atoms with van der Waals surface area (Å²) >= 11 is 1.44. The third-order valence-electron chi connectivity index (χ3n) is 0.306. The molecule has 0 radical (unpaired) electrons. The molecule has 4 heteroatoms. The maximum absolute atomic E-state index is 3.19. The standard InChI is InChI=1S/C4H10N.2ClH.W/c1-4(2,3)5;;;/h5H,1-3H3;2*1H;/q-1;;;+1. The molecule has 0 bridgehead atoms. The Balaban J connectivity index is -0.000000125. The molecule has 0 aliphatic rings. The third kappa shape index (κ3) is 15.7. The molecule has 0 unspecified atom stereocenters. The molecule has 0 aromatic rings. The fourth-order valence-corrected chi connectivity index (χ4v) is 0. The predicted molar refractivity (Wildman–Crippen MR) is 37.4 cm³/mol. The van der Waals surface area contributed by atoms with Gasteiger partial charge in [-0.2, -0.15) is 0 Å². The van der Waals surface area contributed by atoms with Crippen molar-refractivity contribution in [2.45, 2.75) is 26.3 Å². The first-order valence-electron chi connectivity index (χ1n) is 1.95. The van der Waals surface area contributed by atoms with Crippen LogP contribution in [0, 0.1) is 0 Å². The maximum atomic E-state index is 3.19. The van der Waals surface area contributed by atoms with Gasteiger partial charge in [-0.3, -0.25) is 0 Å². The second kappa shape index (κ2) is 6.35. The SMILES string of the molecule is CC(C)(C)[NH][W].Cl.Cl. The van der Waals surface area contributed by atoms with Crippen molar-refractivity contribution in [2.75, 3.05) is 0 Å². The van der Waals surface area contributed by atoms with E-state index in [2.05, 4.69) is 24.6 Å². The van der Waals surface area contributed by atoms with Gasteiger partial charge < -0.3 is 0 Å². The zero-order valence-electron chi connectivity index (χ0n) is 5.22. The van der Waals surface area contributed by atoms with Gasteiger partial charge in [0.2, 0.25) is 0 Å². The number of hydrogen-bond donors (Lipinski definition) is 1. The van der Waals surface area contributed by atoms with Crippen LogP contribution in [-0.4, -0.2) is 5.54 Å². The Labute approximate surface area is 75.0 Å². The molecule has 0 rings (SSSR count). The molecule has 8 heavy (non-hydrogen) atoms. The van der Waals surface area contributed by atoms with Crippen molar-refractivity contribution in [1.82, 2.24) is 3.88 Å². The van der Waals surface area contributed by atoms with Gasteiger partial charge in [-0.05, 0) is 0 Å². The molecule has 0 atom stereocenters. The molecule has 0 aromatic heterocycles. The van der Waals surface area contributed by atoms with E-state index in [9.17, 15) is 0 Å². The molecule has 0 aliphatic heterocycles. The van der Waals surface area contributed by atoms with E-state index in [1.54, 1.807) is 0 Å². The van der Waals surface area contributed by atoms with Crippen LogP contribution in [0.3, 0.4) is 0 Å². The van der Waals surface area contributed by atoms with E-state index in [1.165, 1.54) is 20.1 Å². The number of halogens is 2. The molecule has 0 aromatic carbocycles. The second-order valence-electron chi connectivity index (χ2n) is 2.35. The van der Waals surface area contributed by atoms with E-state index in [0.717, 1.165) is 0 Å². The molecule has 0 saturated heterocycles. The minimum Gasteiger partial charge on any atom is -0.147 e. The van der Waals surface area contributed by atoms with E-state index in [4.69, 9.17) is 0 Å². The molecule has 1 nitrogen and oxygen atoms in total. The molecular formula is C4H12Cl2NW. The van der Waals surface area contributed by atoms with Crippen LogP contribution >= 0.6 is 24.8 Å². The van der Waals surface area contributed by atoms with Crippen molar-refractivity contribution >= 4 is 24.8 Å². The normalized spacial score (nSPS) is 8.88. The first kappa shape index (κ1) is 16.1. The molecule has 0 amide bonds. The summed E-state index contributed by atoms with van der Waals surface area (Å²) in [6, 6.07) is 0. The smallest absolute Gasteiger partial charge is 0.147 e. The molecule has 53 valence electrons. The van der Waals surface area contributed by atoms with E-state index in [0.29, 0.717) is 5.54 Å². The van der Waals surface area contributed by atoms with Crippen LogP contribution in [0.15, 0.2) is 0 Å². The average Bonchev–Trinajstić information content (AvgIpc) is 1.35. The Morgan fingerprint density at radius 2 is 1.25 bits per heavy atom. The van der Waals surface area contributed by atoms with E-state index < -0.39 is 0 Å². The Morgan fingerprint density at radius 1 is 1.12 bits per heavy atom. The van der Waals surface area contributed by atoms with E-state index >= 15 is 0 Å². The third-order valence-corrected chi connectivity index (χ3v) is 2.51. The Kier molecular flexibility index (Phi) is 12.8. The molecule has 0 aliphatic carbocycles. The van der Waals surface area contributed by atoms with Gasteiger partial charge in [0.1, 0.15) is 0 Å². The number of nitrogens with one attached hydrogen (secondary N) is 1. The van der Waals surface area contributed by atoms with Gasteiger partial charge in [0, 0.05) is 0 Å². The van der Waals surface area contributed by atoms with Gasteiger partial charge in [0.05, 0.1) is 0 Å². The molecule has 0 spiro atoms. The van der Waals surface area contributed by atoms with Crippen LogP contribution < -0.4 is 3.88 Å². The first-order chi connectivity index (χ1) is 2.56. The number of hydrogen-bond acceptors (Lipinski definition) is 1. The summed E-state index contributed by atoms with van der Waals surface area (Å²) in [5.41, 5.74) is 0.329. The summed E-state index contributed by atoms with van der Waals surface area (Å²) in [5.74, 6) is 0. The van der Waals surface area contributed by atoms with E-state index in [-0.39, 0.29) is 24.8 Å². The van der Waals surface area contributed by atoms with Gasteiger partial charge in [-0.25, -0.2) is 0 Å². The second-order valence-corrected chi connectivity index (χ2v) is 3.09. The van der Waals surface area contributed by atoms with Gasteiger partial charge in [-0.15, -0.1) is 24.8 Å². The largest absolute Gasteiger partial charge is 0.147 e. The van der Waals surface area contributed by atoms with Gasteiger partial charge in [0.15, 0.2) is 0 Å². The van der Waals surface area contributed by atoms with Crippen LogP contribution in [0.1, 0.15) is 20.8 Å². The number of rotatable bonds is 0. The van der Waals surface area contributed by atoms with Crippen molar-refractivity contribution < 1.29 is 20.1 Å². The van der Waals surface area contributed by atoms with Crippen LogP contribution in [0.4, 0.5) is 0 Å². The summed E-state index contributed by atoms with van der Waals surface area (Å²) in [5, 5.41) is 0. The summed E-state index contributed by atoms with van der Waals surface area (Å²) in [4.78, 5) is 0. The maximum Gasteiger partial charge on any atom is -0.147 e. The fraction of sp³-hybridized carbons (Fsp3) is 1.00. The molecule has 0 saturated carbocycles. The summed E-state index contributed by atoms with van der Waals surface area (Å²) in [6.45, 7) is 6.46. The Morgan fingerprint density at radius 3 is 1.25 bits per heavy atom. The molecule has 0 heterocycles. The van der Waals surface area contributed by atoms with Crippen molar-refractivity contribution in [1.29, 1.82) is 0 Å².